The van der Waals surface area contributed by atoms with Crippen LogP contribution >= 0.6 is 15.9 Å². The SMILES string of the molecule is C=C[C@@](C)(/C=C/c1ccc(OCCCBr)cc1)CCC=C(C)C. The van der Waals surface area contributed by atoms with E-state index in [4.69, 9.17) is 4.74 Å². The summed E-state index contributed by atoms with van der Waals surface area (Å²) in [5, 5.41) is 0.973. The van der Waals surface area contributed by atoms with Crippen molar-refractivity contribution in [1.82, 2.24) is 0 Å². The van der Waals surface area contributed by atoms with Crippen LogP contribution in [0.1, 0.15) is 45.6 Å². The summed E-state index contributed by atoms with van der Waals surface area (Å²) in [4.78, 5) is 0. The minimum atomic E-state index is 0.0248. The van der Waals surface area contributed by atoms with Gasteiger partial charge in [-0.1, -0.05) is 64.9 Å². The van der Waals surface area contributed by atoms with Crippen LogP contribution in [0.2, 0.25) is 0 Å². The molecule has 0 bridgehead atoms. The third-order valence-corrected chi connectivity index (χ3v) is 4.35. The molecule has 0 aliphatic carbocycles. The first-order valence-electron chi connectivity index (χ1n) is 8.24. The van der Waals surface area contributed by atoms with E-state index in [1.165, 1.54) is 11.1 Å². The van der Waals surface area contributed by atoms with E-state index in [9.17, 15) is 0 Å². The first kappa shape index (κ1) is 19.8. The second kappa shape index (κ2) is 10.5. The minimum absolute atomic E-state index is 0.0248. The van der Waals surface area contributed by atoms with E-state index >= 15 is 0 Å². The molecule has 23 heavy (non-hydrogen) atoms. The maximum absolute atomic E-state index is 5.67. The molecule has 0 saturated carbocycles. The fourth-order valence-corrected chi connectivity index (χ4v) is 2.36. The number of halogens is 1. The predicted octanol–water partition coefficient (Wildman–Crippen LogP) is 6.80. The van der Waals surface area contributed by atoms with Crippen LogP contribution in [0.25, 0.3) is 6.08 Å². The van der Waals surface area contributed by atoms with Gasteiger partial charge in [0.1, 0.15) is 5.75 Å². The normalized spacial score (nSPS) is 13.6. The molecular formula is C21H29BrO. The lowest BCUT2D eigenvalue weighted by molar-refractivity contribution is 0.319. The van der Waals surface area contributed by atoms with E-state index in [0.717, 1.165) is 36.9 Å². The van der Waals surface area contributed by atoms with Gasteiger partial charge >= 0.3 is 0 Å². The lowest BCUT2D eigenvalue weighted by atomic mass is 9.84. The zero-order valence-corrected chi connectivity index (χ0v) is 16.2. The standard InChI is InChI=1S/C21H29BrO/c1-5-21(4,14-6-8-18(2)3)15-13-19-9-11-20(12-10-19)23-17-7-16-22/h5,8-13,15H,1,6-7,14,16-17H2,2-4H3/b15-13+/t21-/m1/s1. The van der Waals surface area contributed by atoms with Crippen molar-refractivity contribution in [3.8, 4) is 5.75 Å². The average Bonchev–Trinajstić information content (AvgIpc) is 2.54. The highest BCUT2D eigenvalue weighted by Crippen LogP contribution is 2.28. The largest absolute Gasteiger partial charge is 0.494 e. The molecule has 0 fully saturated rings. The molecule has 0 spiro atoms. The van der Waals surface area contributed by atoms with Crippen LogP contribution in [-0.2, 0) is 0 Å². The molecular weight excluding hydrogens is 348 g/mol. The van der Waals surface area contributed by atoms with E-state index in [2.05, 4.69) is 73.6 Å². The molecule has 0 amide bonds. The van der Waals surface area contributed by atoms with E-state index in [1.54, 1.807) is 0 Å². The van der Waals surface area contributed by atoms with Gasteiger partial charge in [-0.2, -0.15) is 0 Å². The van der Waals surface area contributed by atoms with Crippen molar-refractivity contribution in [2.75, 3.05) is 11.9 Å². The van der Waals surface area contributed by atoms with Crippen molar-refractivity contribution < 1.29 is 4.74 Å². The minimum Gasteiger partial charge on any atom is -0.494 e. The molecule has 0 unspecified atom stereocenters. The molecule has 2 heteroatoms. The Balaban J connectivity index is 2.62. The summed E-state index contributed by atoms with van der Waals surface area (Å²) in [7, 11) is 0. The van der Waals surface area contributed by atoms with Gasteiger partial charge in [-0.3, -0.25) is 0 Å². The fourth-order valence-electron chi connectivity index (χ4n) is 2.13. The zero-order chi connectivity index (χ0) is 17.1. The smallest absolute Gasteiger partial charge is 0.119 e. The Kier molecular flexibility index (Phi) is 9.01. The Morgan fingerprint density at radius 3 is 2.52 bits per heavy atom. The zero-order valence-electron chi connectivity index (χ0n) is 14.6. The molecule has 0 saturated heterocycles. The van der Waals surface area contributed by atoms with Crippen molar-refractivity contribution in [1.29, 1.82) is 0 Å². The third kappa shape index (κ3) is 8.22. The van der Waals surface area contributed by atoms with Crippen LogP contribution in [0.15, 0.2) is 54.6 Å². The summed E-state index contributed by atoms with van der Waals surface area (Å²) >= 11 is 3.41. The van der Waals surface area contributed by atoms with Gasteiger partial charge in [-0.05, 0) is 50.8 Å². The molecule has 0 N–H and O–H groups in total. The monoisotopic (exact) mass is 376 g/mol. The van der Waals surface area contributed by atoms with Gasteiger partial charge in [0.05, 0.1) is 6.61 Å². The second-order valence-corrected chi connectivity index (χ2v) is 7.12. The van der Waals surface area contributed by atoms with E-state index in [0.29, 0.717) is 0 Å². The summed E-state index contributed by atoms with van der Waals surface area (Å²) in [5.74, 6) is 0.929. The second-order valence-electron chi connectivity index (χ2n) is 6.32. The van der Waals surface area contributed by atoms with Gasteiger partial charge in [-0.15, -0.1) is 6.58 Å². The molecule has 0 aliphatic rings. The van der Waals surface area contributed by atoms with E-state index < -0.39 is 0 Å². The summed E-state index contributed by atoms with van der Waals surface area (Å²) in [6, 6.07) is 8.25. The molecule has 0 aliphatic heterocycles. The first-order chi connectivity index (χ1) is 11.0. The number of benzene rings is 1. The number of ether oxygens (including phenoxy) is 1. The van der Waals surface area contributed by atoms with Crippen molar-refractivity contribution in [3.05, 3.63) is 60.2 Å². The maximum atomic E-state index is 5.67. The summed E-state index contributed by atoms with van der Waals surface area (Å²) in [6.07, 6.45) is 11.9. The number of rotatable bonds is 10. The Morgan fingerprint density at radius 1 is 1.26 bits per heavy atom. The molecule has 0 radical (unpaired) electrons. The highest BCUT2D eigenvalue weighted by molar-refractivity contribution is 9.09. The highest BCUT2D eigenvalue weighted by atomic mass is 79.9. The molecule has 0 heterocycles. The Hall–Kier alpha value is -1.28. The summed E-state index contributed by atoms with van der Waals surface area (Å²) in [5.41, 5.74) is 2.58. The molecule has 0 aromatic heterocycles. The molecule has 1 rings (SSSR count). The van der Waals surface area contributed by atoms with Gasteiger partial charge in [0.15, 0.2) is 0 Å². The average molecular weight is 377 g/mol. The van der Waals surface area contributed by atoms with Gasteiger partial charge in [0.2, 0.25) is 0 Å². The molecule has 1 nitrogen and oxygen atoms in total. The fraction of sp³-hybridized carbons (Fsp3) is 0.429. The topological polar surface area (TPSA) is 9.23 Å². The lowest BCUT2D eigenvalue weighted by Gasteiger charge is -2.20. The number of alkyl halides is 1. The predicted molar refractivity (Wildman–Crippen MR) is 106 cm³/mol. The maximum Gasteiger partial charge on any atom is 0.119 e. The Morgan fingerprint density at radius 2 is 1.96 bits per heavy atom. The first-order valence-corrected chi connectivity index (χ1v) is 9.36. The van der Waals surface area contributed by atoms with E-state index in [1.807, 2.05) is 18.2 Å². The van der Waals surface area contributed by atoms with Gasteiger partial charge in [0.25, 0.3) is 0 Å². The highest BCUT2D eigenvalue weighted by Gasteiger charge is 2.14. The van der Waals surface area contributed by atoms with Crippen LogP contribution in [0.4, 0.5) is 0 Å². The Bertz CT molecular complexity index is 523. The Labute approximate surface area is 150 Å². The van der Waals surface area contributed by atoms with Crippen LogP contribution < -0.4 is 4.74 Å². The van der Waals surface area contributed by atoms with Crippen molar-refractivity contribution in [2.45, 2.75) is 40.0 Å². The van der Waals surface area contributed by atoms with E-state index in [-0.39, 0.29) is 5.41 Å². The number of allylic oxidation sites excluding steroid dienone is 4. The molecule has 1 aromatic rings. The lowest BCUT2D eigenvalue weighted by Crippen LogP contribution is -2.08. The van der Waals surface area contributed by atoms with Gasteiger partial charge < -0.3 is 4.74 Å². The van der Waals surface area contributed by atoms with Crippen LogP contribution in [0.5, 0.6) is 5.75 Å². The summed E-state index contributed by atoms with van der Waals surface area (Å²) < 4.78 is 5.67. The quantitative estimate of drug-likeness (QED) is 0.247. The van der Waals surface area contributed by atoms with Crippen LogP contribution in [0, 0.1) is 5.41 Å². The molecule has 1 aromatic carbocycles. The third-order valence-electron chi connectivity index (χ3n) is 3.79. The van der Waals surface area contributed by atoms with Crippen molar-refractivity contribution >= 4 is 22.0 Å². The van der Waals surface area contributed by atoms with Gasteiger partial charge in [0, 0.05) is 10.7 Å². The van der Waals surface area contributed by atoms with Crippen LogP contribution in [0.3, 0.4) is 0 Å². The van der Waals surface area contributed by atoms with Crippen molar-refractivity contribution in [3.63, 3.8) is 0 Å². The summed E-state index contributed by atoms with van der Waals surface area (Å²) in [6.45, 7) is 11.3. The molecule has 126 valence electrons. The molecule has 1 atom stereocenters. The van der Waals surface area contributed by atoms with Crippen molar-refractivity contribution in [2.24, 2.45) is 5.41 Å². The van der Waals surface area contributed by atoms with Crippen LogP contribution in [-0.4, -0.2) is 11.9 Å². The number of hydrogen-bond acceptors (Lipinski definition) is 1. The van der Waals surface area contributed by atoms with Gasteiger partial charge in [-0.25, -0.2) is 0 Å². The number of hydrogen-bond donors (Lipinski definition) is 0.